The van der Waals surface area contributed by atoms with Crippen LogP contribution in [0.5, 0.6) is 0 Å². The normalized spacial score (nSPS) is 19.2. The molecule has 0 aromatic heterocycles. The van der Waals surface area contributed by atoms with Crippen molar-refractivity contribution in [2.45, 2.75) is 114 Å². The molecule has 3 atom stereocenters. The minimum absolute atomic E-state index is 0.0328. The summed E-state index contributed by atoms with van der Waals surface area (Å²) in [6, 6.07) is 28.0. The number of carbonyl (C=O) groups excluding carboxylic acids is 11. The first kappa shape index (κ1) is 67.9. The molecule has 27 nitrogen and oxygen atoms in total. The molecule has 6 aliphatic rings. The van der Waals surface area contributed by atoms with E-state index in [9.17, 15) is 57.8 Å². The monoisotopic (exact) mass is 1240 g/mol. The summed E-state index contributed by atoms with van der Waals surface area (Å²) in [6.45, 7) is 1.72. The van der Waals surface area contributed by atoms with Gasteiger partial charge in [-0.2, -0.15) is 0 Å². The summed E-state index contributed by atoms with van der Waals surface area (Å²) >= 11 is 0. The summed E-state index contributed by atoms with van der Waals surface area (Å²) in [6.07, 6.45) is 6.67. The molecule has 0 spiro atoms. The number of hydrogen-bond acceptors (Lipinski definition) is 17. The predicted octanol–water partition coefficient (Wildman–Crippen LogP) is 7.08. The highest BCUT2D eigenvalue weighted by atomic mass is 16.3. The van der Waals surface area contributed by atoms with E-state index in [-0.39, 0.29) is 134 Å². The van der Waals surface area contributed by atoms with Crippen LogP contribution in [0.25, 0.3) is 20.9 Å². The number of nitrogens with zero attached hydrogens (tertiary/aromatic N) is 10. The summed E-state index contributed by atoms with van der Waals surface area (Å²) < 4.78 is 0. The average Bonchev–Trinajstić information content (AvgIpc) is 1.66. The van der Waals surface area contributed by atoms with E-state index < -0.39 is 23.9 Å². The molecule has 3 fully saturated rings. The van der Waals surface area contributed by atoms with Gasteiger partial charge in [0.15, 0.2) is 17.3 Å². The van der Waals surface area contributed by atoms with Gasteiger partial charge in [0.25, 0.3) is 11.8 Å². The zero-order valence-corrected chi connectivity index (χ0v) is 50.4. The summed E-state index contributed by atoms with van der Waals surface area (Å²) in [7, 11) is 3.63. The Balaban J connectivity index is 0.000000198. The number of rotatable bonds is 18. The number of amides is 8. The van der Waals surface area contributed by atoms with Crippen molar-refractivity contribution in [3.63, 3.8) is 0 Å². The molecule has 2 saturated heterocycles. The number of nitrogens with one attached hydrogen (secondary N) is 4. The summed E-state index contributed by atoms with van der Waals surface area (Å²) in [5, 5.41) is 27.1. The van der Waals surface area contributed by atoms with Gasteiger partial charge in [0.1, 0.15) is 17.8 Å². The van der Waals surface area contributed by atoms with Crippen LogP contribution >= 0.6 is 0 Å². The Morgan fingerprint density at radius 1 is 0.626 bits per heavy atom. The maximum absolute atomic E-state index is 13.0. The van der Waals surface area contributed by atoms with Crippen LogP contribution in [0.1, 0.15) is 132 Å². The SMILES string of the molecule is CN(C)C=C1C(=O)CC(c2ccccc2)CC1=O.O=C1CCC(N2Cc3c(NC(=O)CCCN=CC4=C(O)CC(c5ccccc5)CC4=O)cccc3C2=O)C(=O)N1.[N-]=[N+]=NCCCC(=O)Nc1cccc2c1CN(C1CCC(=O)NC1=O)C2=O.[N-]=[N+]=NCCN. The fourth-order valence-electron chi connectivity index (χ4n) is 11.1. The third-order valence-electron chi connectivity index (χ3n) is 15.5. The van der Waals surface area contributed by atoms with Crippen molar-refractivity contribution in [2.24, 2.45) is 21.0 Å². The van der Waals surface area contributed by atoms with Gasteiger partial charge in [0, 0.05) is 154 Å². The van der Waals surface area contributed by atoms with E-state index in [1.807, 2.05) is 74.8 Å². The van der Waals surface area contributed by atoms with Crippen LogP contribution in [-0.4, -0.2) is 143 Å². The highest BCUT2D eigenvalue weighted by molar-refractivity contribution is 6.22. The molecule has 8 amide bonds. The standard InChI is InChI=1S/C30H30N4O6.C17H18N6O4.C15H17NO2.C2H6N4/c35-25-14-19(18-6-2-1-3-7-18)15-26(36)21(25)16-31-13-5-10-27(37)32-23-9-4-8-20-22(23)17-34(30(20)40)24-11-12-28(38)33-29(24)39;18-22-19-8-2-5-14(24)20-12-4-1-3-10-11(12)9-23(17(10)27)13-6-7-15(25)21-16(13)26;1-16(2)10-13-14(17)8-12(9-15(13)18)11-6-4-3-5-7-11;3-1-2-5-6-4/h1-4,6-9,16,19,24,35H,5,10-15,17H2,(H,32,37)(H,33,38,39);1,3-4,13H,2,5-9H2,(H,20,24)(H,21,25,26);3-7,10,12H,8-9H2,1-2H3;1-3H2. The maximum atomic E-state index is 13.0. The highest BCUT2D eigenvalue weighted by Gasteiger charge is 2.42. The summed E-state index contributed by atoms with van der Waals surface area (Å²) in [5.41, 5.74) is 26.6. The Hall–Kier alpha value is -10.6. The first-order valence-corrected chi connectivity index (χ1v) is 29.7. The molecule has 1 saturated carbocycles. The van der Waals surface area contributed by atoms with Crippen molar-refractivity contribution in [2.75, 3.05) is 50.9 Å². The second-order valence-corrected chi connectivity index (χ2v) is 22.2. The molecule has 4 aliphatic heterocycles. The Labute approximate surface area is 523 Å². The van der Waals surface area contributed by atoms with Gasteiger partial charge >= 0.3 is 0 Å². The van der Waals surface area contributed by atoms with Gasteiger partial charge in [0.05, 0.1) is 11.1 Å². The van der Waals surface area contributed by atoms with E-state index in [1.54, 1.807) is 47.5 Å². The Kier molecular flexibility index (Phi) is 24.7. The molecule has 91 heavy (non-hydrogen) atoms. The lowest BCUT2D eigenvalue weighted by molar-refractivity contribution is -0.138. The molecule has 4 aromatic rings. The second-order valence-electron chi connectivity index (χ2n) is 22.2. The number of aliphatic hydroxyl groups excluding tert-OH is 1. The van der Waals surface area contributed by atoms with Crippen molar-refractivity contribution in [3.8, 4) is 0 Å². The van der Waals surface area contributed by atoms with E-state index in [1.165, 1.54) is 16.0 Å². The summed E-state index contributed by atoms with van der Waals surface area (Å²) in [5.74, 6) is -2.99. The van der Waals surface area contributed by atoms with Gasteiger partial charge in [-0.05, 0) is 90.5 Å². The number of azide groups is 2. The van der Waals surface area contributed by atoms with Gasteiger partial charge in [-0.3, -0.25) is 68.4 Å². The molecule has 0 bridgehead atoms. The van der Waals surface area contributed by atoms with E-state index in [2.05, 4.69) is 46.3 Å². The molecule has 474 valence electrons. The number of nitrogens with two attached hydrogens (primary N) is 1. The highest BCUT2D eigenvalue weighted by Crippen LogP contribution is 2.36. The molecule has 7 N–H and O–H groups in total. The van der Waals surface area contributed by atoms with Crippen molar-refractivity contribution in [1.82, 2.24) is 25.3 Å². The Bertz CT molecular complexity index is 3630. The molecule has 10 rings (SSSR count). The van der Waals surface area contributed by atoms with E-state index >= 15 is 0 Å². The number of allylic oxidation sites excluding steroid dienone is 3. The molecular weight excluding hydrogens is 1170 g/mol. The molecule has 4 heterocycles. The Morgan fingerprint density at radius 3 is 1.51 bits per heavy atom. The van der Waals surface area contributed by atoms with Crippen molar-refractivity contribution in [3.05, 3.63) is 174 Å². The predicted molar refractivity (Wildman–Crippen MR) is 334 cm³/mol. The minimum Gasteiger partial charge on any atom is -0.511 e. The number of aliphatic imine (C=N–C) groups is 1. The number of benzene rings is 4. The van der Waals surface area contributed by atoms with Gasteiger partial charge in [0.2, 0.25) is 35.4 Å². The number of carbonyl (C=O) groups is 11. The number of ketones is 3. The molecule has 4 aromatic carbocycles. The molecule has 0 radical (unpaired) electrons. The largest absolute Gasteiger partial charge is 0.511 e. The van der Waals surface area contributed by atoms with Crippen molar-refractivity contribution in [1.29, 1.82) is 0 Å². The number of Topliss-reactive ketones (excluding diaryl/α,β-unsaturated/α-hetero) is 3. The molecule has 27 heteroatoms. The van der Waals surface area contributed by atoms with Crippen LogP contribution in [0.4, 0.5) is 11.4 Å². The van der Waals surface area contributed by atoms with Crippen molar-refractivity contribution < 1.29 is 57.8 Å². The van der Waals surface area contributed by atoms with Gasteiger partial charge in [-0.1, -0.05) is 83.0 Å². The fraction of sp³-hybridized carbons (Fsp3) is 0.375. The number of aliphatic hydroxyl groups is 1. The van der Waals surface area contributed by atoms with Crippen LogP contribution in [0.2, 0.25) is 0 Å². The van der Waals surface area contributed by atoms with Crippen LogP contribution in [0.3, 0.4) is 0 Å². The van der Waals surface area contributed by atoms with E-state index in [0.717, 1.165) is 11.1 Å². The van der Waals surface area contributed by atoms with E-state index in [4.69, 9.17) is 16.8 Å². The van der Waals surface area contributed by atoms with Gasteiger partial charge in [-0.15, -0.1) is 0 Å². The fourth-order valence-corrected chi connectivity index (χ4v) is 11.1. The minimum atomic E-state index is -0.728. The van der Waals surface area contributed by atoms with Gasteiger partial charge in [-0.25, -0.2) is 0 Å². The topological polar surface area (TPSA) is 402 Å². The number of fused-ring (bicyclic) bond motifs is 2. The number of piperidine rings is 2. The van der Waals surface area contributed by atoms with Crippen LogP contribution in [0.15, 0.2) is 135 Å². The first-order valence-electron chi connectivity index (χ1n) is 29.7. The maximum Gasteiger partial charge on any atom is 0.255 e. The zero-order chi connectivity index (χ0) is 65.6. The second kappa shape index (κ2) is 33.1. The summed E-state index contributed by atoms with van der Waals surface area (Å²) in [4.78, 5) is 148. The van der Waals surface area contributed by atoms with Crippen LogP contribution < -0.4 is 27.0 Å². The Morgan fingerprint density at radius 2 is 1.08 bits per heavy atom. The van der Waals surface area contributed by atoms with E-state index in [0.29, 0.717) is 97.4 Å². The third kappa shape index (κ3) is 18.5. The molecular formula is C64H71N15O12. The average molecular weight is 1240 g/mol. The quantitative estimate of drug-likeness (QED) is 0.00848. The lowest BCUT2D eigenvalue weighted by Crippen LogP contribution is -2.52. The number of anilines is 2. The lowest BCUT2D eigenvalue weighted by Gasteiger charge is -2.29. The van der Waals surface area contributed by atoms with Gasteiger partial charge < -0.3 is 36.2 Å². The zero-order valence-electron chi connectivity index (χ0n) is 50.4. The lowest BCUT2D eigenvalue weighted by atomic mass is 9.80. The first-order chi connectivity index (χ1) is 43.8. The number of hydrogen-bond donors (Lipinski definition) is 6. The molecule has 2 aliphatic carbocycles. The third-order valence-corrected chi connectivity index (χ3v) is 15.5. The van der Waals surface area contributed by atoms with Crippen molar-refractivity contribution >= 4 is 82.2 Å². The smallest absolute Gasteiger partial charge is 0.255 e. The molecule has 3 unspecified atom stereocenters. The van der Waals surface area contributed by atoms with Crippen LogP contribution in [-0.2, 0) is 56.2 Å². The van der Waals surface area contributed by atoms with Crippen LogP contribution in [0, 0.1) is 0 Å². The number of imide groups is 2.